The van der Waals surface area contributed by atoms with E-state index in [1.807, 2.05) is 36.4 Å². The van der Waals surface area contributed by atoms with Crippen LogP contribution < -0.4 is 0 Å². The van der Waals surface area contributed by atoms with Gasteiger partial charge in [-0.1, -0.05) is 64.5 Å². The predicted molar refractivity (Wildman–Crippen MR) is 128 cm³/mol. The van der Waals surface area contributed by atoms with Gasteiger partial charge in [-0.05, 0) is 68.4 Å². The molecule has 2 aromatic rings. The molecule has 1 N–H and O–H groups in total. The standard InChI is InChI=1S/C10H11IO.C7H7IO.C3H5Br/c1-2-7-12-8-9-5-3-4-6-10(9)11;8-7-4-2-1-3-6(7)5-9;1-2-3-4/h2-6H,1,7-8H2;1-4,9H,5H2;2H,1,3H2. The van der Waals surface area contributed by atoms with Crippen LogP contribution in [0.25, 0.3) is 0 Å². The van der Waals surface area contributed by atoms with E-state index < -0.39 is 0 Å². The van der Waals surface area contributed by atoms with Crippen molar-refractivity contribution in [2.45, 2.75) is 13.2 Å². The summed E-state index contributed by atoms with van der Waals surface area (Å²) in [5.41, 5.74) is 2.23. The number of ether oxygens (including phenoxy) is 1. The van der Waals surface area contributed by atoms with Crippen molar-refractivity contribution in [3.63, 3.8) is 0 Å². The molecular formula is C20H23BrI2O2. The van der Waals surface area contributed by atoms with E-state index >= 15 is 0 Å². The Morgan fingerprint density at radius 3 is 1.76 bits per heavy atom. The van der Waals surface area contributed by atoms with Crippen molar-refractivity contribution in [3.05, 3.63) is 92.1 Å². The molecule has 0 atom stereocenters. The van der Waals surface area contributed by atoms with E-state index in [2.05, 4.69) is 86.4 Å². The van der Waals surface area contributed by atoms with Gasteiger partial charge in [-0.2, -0.15) is 0 Å². The lowest BCUT2D eigenvalue weighted by Crippen LogP contribution is -1.94. The number of aliphatic hydroxyl groups excluding tert-OH is 1. The molecule has 0 bridgehead atoms. The van der Waals surface area contributed by atoms with Gasteiger partial charge < -0.3 is 9.84 Å². The van der Waals surface area contributed by atoms with Crippen molar-refractivity contribution in [2.75, 3.05) is 11.9 Å². The fraction of sp³-hybridized carbons (Fsp3) is 0.200. The Balaban J connectivity index is 0.000000391. The number of hydrogen-bond donors (Lipinski definition) is 1. The highest BCUT2D eigenvalue weighted by Gasteiger charge is 1.96. The van der Waals surface area contributed by atoms with E-state index in [1.165, 1.54) is 9.13 Å². The first kappa shape index (κ1) is 24.8. The number of hydrogen-bond acceptors (Lipinski definition) is 2. The highest BCUT2D eigenvalue weighted by atomic mass is 127. The molecule has 136 valence electrons. The number of allylic oxidation sites excluding steroid dienone is 1. The molecule has 0 aliphatic heterocycles. The Morgan fingerprint density at radius 2 is 1.40 bits per heavy atom. The number of aliphatic hydroxyl groups is 1. The molecule has 25 heavy (non-hydrogen) atoms. The van der Waals surface area contributed by atoms with Gasteiger partial charge in [0.1, 0.15) is 0 Å². The molecule has 2 nitrogen and oxygen atoms in total. The molecule has 2 aromatic carbocycles. The molecule has 0 saturated heterocycles. The van der Waals surface area contributed by atoms with Gasteiger partial charge in [0, 0.05) is 12.5 Å². The van der Waals surface area contributed by atoms with Crippen molar-refractivity contribution < 1.29 is 9.84 Å². The Labute approximate surface area is 186 Å². The van der Waals surface area contributed by atoms with E-state index in [9.17, 15) is 0 Å². The molecule has 5 heteroatoms. The van der Waals surface area contributed by atoms with Crippen LogP contribution in [-0.4, -0.2) is 17.0 Å². The summed E-state index contributed by atoms with van der Waals surface area (Å²) in [5, 5.41) is 9.61. The lowest BCUT2D eigenvalue weighted by atomic mass is 10.2. The first-order chi connectivity index (χ1) is 12.1. The van der Waals surface area contributed by atoms with Crippen LogP contribution in [0.1, 0.15) is 11.1 Å². The lowest BCUT2D eigenvalue weighted by molar-refractivity contribution is 0.148. The molecule has 0 saturated carbocycles. The minimum atomic E-state index is 0.138. The zero-order valence-corrected chi connectivity index (χ0v) is 19.9. The number of benzene rings is 2. The summed E-state index contributed by atoms with van der Waals surface area (Å²) in [7, 11) is 0. The monoisotopic (exact) mass is 628 g/mol. The van der Waals surface area contributed by atoms with Crippen molar-refractivity contribution in [1.29, 1.82) is 0 Å². The number of halogens is 3. The minimum Gasteiger partial charge on any atom is -0.392 e. The quantitative estimate of drug-likeness (QED) is 0.175. The fourth-order valence-corrected chi connectivity index (χ4v) is 2.60. The third-order valence-corrected chi connectivity index (χ3v) is 5.25. The zero-order valence-electron chi connectivity index (χ0n) is 14.0. The Kier molecular flexibility index (Phi) is 17.1. The summed E-state index contributed by atoms with van der Waals surface area (Å²) in [6, 6.07) is 16.0. The molecule has 2 rings (SSSR count). The van der Waals surface area contributed by atoms with E-state index in [1.54, 1.807) is 12.2 Å². The number of alkyl halides is 1. The van der Waals surface area contributed by atoms with Gasteiger partial charge in [0.25, 0.3) is 0 Å². The summed E-state index contributed by atoms with van der Waals surface area (Å²) in [5.74, 6) is 0. The second kappa shape index (κ2) is 17.2. The largest absolute Gasteiger partial charge is 0.392 e. The van der Waals surface area contributed by atoms with Crippen LogP contribution in [0.3, 0.4) is 0 Å². The second-order valence-corrected chi connectivity index (χ2v) is 7.56. The smallest absolute Gasteiger partial charge is 0.0731 e. The van der Waals surface area contributed by atoms with Crippen molar-refractivity contribution in [3.8, 4) is 0 Å². The van der Waals surface area contributed by atoms with Crippen molar-refractivity contribution in [1.82, 2.24) is 0 Å². The van der Waals surface area contributed by atoms with Crippen molar-refractivity contribution in [2.24, 2.45) is 0 Å². The highest BCUT2D eigenvalue weighted by Crippen LogP contribution is 2.12. The van der Waals surface area contributed by atoms with Crippen LogP contribution in [0.4, 0.5) is 0 Å². The third-order valence-electron chi connectivity index (χ3n) is 2.69. The van der Waals surface area contributed by atoms with Gasteiger partial charge in [0.2, 0.25) is 0 Å². The molecule has 0 heterocycles. The van der Waals surface area contributed by atoms with Gasteiger partial charge in [0.05, 0.1) is 19.8 Å². The first-order valence-corrected chi connectivity index (χ1v) is 10.8. The third kappa shape index (κ3) is 12.7. The lowest BCUT2D eigenvalue weighted by Gasteiger charge is -2.03. The minimum absolute atomic E-state index is 0.138. The molecule has 0 amide bonds. The number of rotatable bonds is 6. The summed E-state index contributed by atoms with van der Waals surface area (Å²) in [4.78, 5) is 0. The summed E-state index contributed by atoms with van der Waals surface area (Å²) < 4.78 is 7.70. The van der Waals surface area contributed by atoms with Gasteiger partial charge in [0.15, 0.2) is 0 Å². The Bertz CT molecular complexity index is 618. The molecule has 0 aliphatic carbocycles. The van der Waals surface area contributed by atoms with Crippen LogP contribution in [-0.2, 0) is 18.0 Å². The molecule has 0 fully saturated rings. The predicted octanol–water partition coefficient (Wildman–Crippen LogP) is 6.34. The van der Waals surface area contributed by atoms with Gasteiger partial charge in [-0.25, -0.2) is 0 Å². The zero-order chi connectivity index (χ0) is 18.9. The Hall–Kier alpha value is -0.220. The second-order valence-electron chi connectivity index (χ2n) is 4.59. The van der Waals surface area contributed by atoms with Gasteiger partial charge >= 0.3 is 0 Å². The summed E-state index contributed by atoms with van der Waals surface area (Å²) in [6.07, 6.45) is 3.55. The van der Waals surface area contributed by atoms with Crippen LogP contribution in [0, 0.1) is 7.14 Å². The average molecular weight is 629 g/mol. The molecule has 0 spiro atoms. The van der Waals surface area contributed by atoms with Crippen LogP contribution in [0.15, 0.2) is 73.8 Å². The van der Waals surface area contributed by atoms with Crippen LogP contribution >= 0.6 is 61.1 Å². The molecule has 0 unspecified atom stereocenters. The highest BCUT2D eigenvalue weighted by molar-refractivity contribution is 14.1. The fourth-order valence-electron chi connectivity index (χ4n) is 1.49. The van der Waals surface area contributed by atoms with E-state index in [0.717, 1.165) is 14.5 Å². The summed E-state index contributed by atoms with van der Waals surface area (Å²) in [6.45, 7) is 8.45. The van der Waals surface area contributed by atoms with Gasteiger partial charge in [-0.15, -0.1) is 13.2 Å². The van der Waals surface area contributed by atoms with Crippen molar-refractivity contribution >= 4 is 61.1 Å². The topological polar surface area (TPSA) is 29.5 Å². The summed E-state index contributed by atoms with van der Waals surface area (Å²) >= 11 is 7.64. The average Bonchev–Trinajstić information content (AvgIpc) is 2.65. The molecular weight excluding hydrogens is 606 g/mol. The normalized spacial score (nSPS) is 9.12. The maximum Gasteiger partial charge on any atom is 0.0731 e. The van der Waals surface area contributed by atoms with Gasteiger partial charge in [-0.3, -0.25) is 0 Å². The maximum absolute atomic E-state index is 8.71. The maximum atomic E-state index is 8.71. The van der Waals surface area contributed by atoms with E-state index in [4.69, 9.17) is 9.84 Å². The van der Waals surface area contributed by atoms with Crippen LogP contribution in [0.5, 0.6) is 0 Å². The molecule has 0 aliphatic rings. The van der Waals surface area contributed by atoms with E-state index in [-0.39, 0.29) is 6.61 Å². The van der Waals surface area contributed by atoms with E-state index in [0.29, 0.717) is 13.2 Å². The molecule has 0 radical (unpaired) electrons. The first-order valence-electron chi connectivity index (χ1n) is 7.53. The molecule has 0 aromatic heterocycles. The SMILES string of the molecule is C=CCBr.C=CCOCc1ccccc1I.OCc1ccccc1I. The van der Waals surface area contributed by atoms with Crippen LogP contribution in [0.2, 0.25) is 0 Å². The Morgan fingerprint density at radius 1 is 0.920 bits per heavy atom.